The summed E-state index contributed by atoms with van der Waals surface area (Å²) in [7, 11) is 1.69. The predicted molar refractivity (Wildman–Crippen MR) is 141 cm³/mol. The third kappa shape index (κ3) is 4.87. The monoisotopic (exact) mass is 468 g/mol. The molecule has 0 aromatic heterocycles. The van der Waals surface area contributed by atoms with Crippen molar-refractivity contribution in [2.75, 3.05) is 43.1 Å². The topological polar surface area (TPSA) is 48.4 Å². The molecule has 6 heteroatoms. The van der Waals surface area contributed by atoms with E-state index in [2.05, 4.69) is 53.1 Å². The molecule has 0 bridgehead atoms. The van der Waals surface area contributed by atoms with E-state index in [1.165, 1.54) is 5.56 Å². The van der Waals surface area contributed by atoms with Gasteiger partial charge in [0.1, 0.15) is 11.8 Å². The first-order valence-corrected chi connectivity index (χ1v) is 12.3. The summed E-state index contributed by atoms with van der Waals surface area (Å²) in [5.74, 6) is 1.68. The van der Waals surface area contributed by atoms with E-state index in [1.54, 1.807) is 7.11 Å². The zero-order valence-electron chi connectivity index (χ0n) is 20.4. The Balaban J connectivity index is 1.39. The molecule has 2 aliphatic heterocycles. The zero-order chi connectivity index (χ0) is 24.2. The molecule has 0 radical (unpaired) electrons. The van der Waals surface area contributed by atoms with Gasteiger partial charge in [0, 0.05) is 44.4 Å². The van der Waals surface area contributed by atoms with Gasteiger partial charge in [-0.05, 0) is 41.8 Å². The van der Waals surface area contributed by atoms with Crippen molar-refractivity contribution in [1.82, 2.24) is 4.90 Å². The highest BCUT2D eigenvalue weighted by molar-refractivity contribution is 6.22. The zero-order valence-corrected chi connectivity index (χ0v) is 20.4. The maximum Gasteiger partial charge on any atom is 0.259 e. The molecule has 35 heavy (non-hydrogen) atoms. The fraction of sp³-hybridized carbons (Fsp3) is 0.310. The normalized spacial score (nSPS) is 18.1. The number of aryl methyl sites for hydroxylation is 1. The van der Waals surface area contributed by atoms with Crippen molar-refractivity contribution < 1.29 is 9.53 Å². The lowest BCUT2D eigenvalue weighted by Crippen LogP contribution is -2.53. The van der Waals surface area contributed by atoms with Gasteiger partial charge in [0.25, 0.3) is 5.91 Å². The van der Waals surface area contributed by atoms with Gasteiger partial charge in [-0.1, -0.05) is 55.5 Å². The number of aliphatic imine (C=N–C) groups is 1. The Labute approximate surface area is 207 Å². The standard InChI is InChI=1S/C29H32N4O2/c1-3-22-11-7-13-25(19-22)33-28(34)27(20-23-9-5-4-6-10-23)30-29(33)32-17-15-31(16-18-32)24-12-8-14-26(21-24)35-2/h4-14,19,21,27H,3,15-18,20H2,1-2H3. The van der Waals surface area contributed by atoms with Crippen LogP contribution in [-0.4, -0.2) is 56.1 Å². The number of carbonyl (C=O) groups is 1. The van der Waals surface area contributed by atoms with E-state index in [0.29, 0.717) is 6.42 Å². The van der Waals surface area contributed by atoms with Crippen molar-refractivity contribution in [3.8, 4) is 5.75 Å². The van der Waals surface area contributed by atoms with Gasteiger partial charge in [-0.25, -0.2) is 9.89 Å². The van der Waals surface area contributed by atoms with Gasteiger partial charge in [-0.2, -0.15) is 0 Å². The molecule has 2 aliphatic rings. The summed E-state index contributed by atoms with van der Waals surface area (Å²) < 4.78 is 5.40. The molecule has 1 fully saturated rings. The summed E-state index contributed by atoms with van der Waals surface area (Å²) in [6, 6.07) is 26.2. The van der Waals surface area contributed by atoms with E-state index in [1.807, 2.05) is 47.4 Å². The van der Waals surface area contributed by atoms with Crippen molar-refractivity contribution >= 4 is 23.2 Å². The Bertz CT molecular complexity index is 1200. The Kier molecular flexibility index (Phi) is 6.70. The van der Waals surface area contributed by atoms with Crippen LogP contribution in [0.3, 0.4) is 0 Å². The summed E-state index contributed by atoms with van der Waals surface area (Å²) >= 11 is 0. The van der Waals surface area contributed by atoms with Gasteiger partial charge in [0.15, 0.2) is 0 Å². The molecule has 1 saturated heterocycles. The Hall–Kier alpha value is -3.80. The van der Waals surface area contributed by atoms with E-state index in [-0.39, 0.29) is 5.91 Å². The molecule has 3 aromatic carbocycles. The van der Waals surface area contributed by atoms with Gasteiger partial charge < -0.3 is 14.5 Å². The first kappa shape index (κ1) is 23.0. The molecule has 6 nitrogen and oxygen atoms in total. The number of guanidine groups is 1. The van der Waals surface area contributed by atoms with Crippen LogP contribution in [-0.2, 0) is 17.6 Å². The molecular weight excluding hydrogens is 436 g/mol. The van der Waals surface area contributed by atoms with Gasteiger partial charge in [0.05, 0.1) is 12.8 Å². The number of hydrogen-bond donors (Lipinski definition) is 0. The lowest BCUT2D eigenvalue weighted by molar-refractivity contribution is -0.118. The minimum absolute atomic E-state index is 0.0485. The number of benzene rings is 3. The molecule has 0 N–H and O–H groups in total. The number of ether oxygens (including phenoxy) is 1. The Morgan fingerprint density at radius 3 is 2.26 bits per heavy atom. The highest BCUT2D eigenvalue weighted by atomic mass is 16.5. The molecule has 1 amide bonds. The summed E-state index contributed by atoms with van der Waals surface area (Å²) in [5, 5.41) is 0. The lowest BCUT2D eigenvalue weighted by Gasteiger charge is -2.38. The number of hydrogen-bond acceptors (Lipinski definition) is 5. The van der Waals surface area contributed by atoms with Crippen molar-refractivity contribution in [3.63, 3.8) is 0 Å². The molecule has 1 unspecified atom stereocenters. The summed E-state index contributed by atoms with van der Waals surface area (Å²) in [6.07, 6.45) is 1.53. The minimum atomic E-state index is -0.408. The minimum Gasteiger partial charge on any atom is -0.497 e. The molecule has 3 aromatic rings. The van der Waals surface area contributed by atoms with E-state index in [0.717, 1.165) is 61.2 Å². The molecule has 180 valence electrons. The Morgan fingerprint density at radius 1 is 0.829 bits per heavy atom. The number of methoxy groups -OCH3 is 1. The highest BCUT2D eigenvalue weighted by Crippen LogP contribution is 2.28. The summed E-state index contributed by atoms with van der Waals surface area (Å²) in [6.45, 7) is 5.44. The van der Waals surface area contributed by atoms with Crippen LogP contribution < -0.4 is 14.5 Å². The van der Waals surface area contributed by atoms with E-state index >= 15 is 0 Å². The van der Waals surface area contributed by atoms with Crippen LogP contribution in [0.5, 0.6) is 5.75 Å². The fourth-order valence-electron chi connectivity index (χ4n) is 4.82. The molecule has 0 spiro atoms. The van der Waals surface area contributed by atoms with Gasteiger partial charge in [-0.3, -0.25) is 4.79 Å². The van der Waals surface area contributed by atoms with Crippen LogP contribution in [0.4, 0.5) is 11.4 Å². The molecule has 2 heterocycles. The number of amides is 1. The second-order valence-corrected chi connectivity index (χ2v) is 9.01. The molecule has 0 saturated carbocycles. The Morgan fingerprint density at radius 2 is 1.51 bits per heavy atom. The van der Waals surface area contributed by atoms with Crippen LogP contribution in [0.2, 0.25) is 0 Å². The SMILES string of the molecule is CCc1cccc(N2C(=O)C(Cc3ccccc3)N=C2N2CCN(c3cccc(OC)c3)CC2)c1. The summed E-state index contributed by atoms with van der Waals surface area (Å²) in [5.41, 5.74) is 4.40. The maximum absolute atomic E-state index is 13.7. The fourth-order valence-corrected chi connectivity index (χ4v) is 4.82. The third-order valence-electron chi connectivity index (χ3n) is 6.81. The van der Waals surface area contributed by atoms with E-state index in [4.69, 9.17) is 9.73 Å². The number of rotatable bonds is 6. The molecular formula is C29H32N4O2. The van der Waals surface area contributed by atoms with Crippen LogP contribution >= 0.6 is 0 Å². The van der Waals surface area contributed by atoms with Crippen LogP contribution in [0.25, 0.3) is 0 Å². The van der Waals surface area contributed by atoms with Gasteiger partial charge in [0.2, 0.25) is 5.96 Å². The van der Waals surface area contributed by atoms with Crippen LogP contribution in [0.15, 0.2) is 83.9 Å². The average molecular weight is 469 g/mol. The average Bonchev–Trinajstić information content (AvgIpc) is 3.25. The van der Waals surface area contributed by atoms with E-state index < -0.39 is 6.04 Å². The first-order valence-electron chi connectivity index (χ1n) is 12.3. The smallest absolute Gasteiger partial charge is 0.259 e. The highest BCUT2D eigenvalue weighted by Gasteiger charge is 2.39. The van der Waals surface area contributed by atoms with Crippen LogP contribution in [0.1, 0.15) is 18.1 Å². The van der Waals surface area contributed by atoms with Crippen molar-refractivity contribution in [1.29, 1.82) is 0 Å². The van der Waals surface area contributed by atoms with Gasteiger partial charge in [-0.15, -0.1) is 0 Å². The molecule has 0 aliphatic carbocycles. The first-order chi connectivity index (χ1) is 17.2. The number of nitrogens with zero attached hydrogens (tertiary/aromatic N) is 4. The summed E-state index contributed by atoms with van der Waals surface area (Å²) in [4.78, 5) is 25.2. The second kappa shape index (κ2) is 10.2. The van der Waals surface area contributed by atoms with Crippen molar-refractivity contribution in [2.45, 2.75) is 25.8 Å². The van der Waals surface area contributed by atoms with Gasteiger partial charge >= 0.3 is 0 Å². The number of anilines is 2. The second-order valence-electron chi connectivity index (χ2n) is 9.01. The van der Waals surface area contributed by atoms with E-state index in [9.17, 15) is 4.79 Å². The molecule has 5 rings (SSSR count). The predicted octanol–water partition coefficient (Wildman–Crippen LogP) is 4.39. The third-order valence-corrected chi connectivity index (χ3v) is 6.81. The maximum atomic E-state index is 13.7. The van der Waals surface area contributed by atoms with Crippen molar-refractivity contribution in [2.24, 2.45) is 4.99 Å². The largest absolute Gasteiger partial charge is 0.497 e. The molecule has 1 atom stereocenters. The number of carbonyl (C=O) groups excluding carboxylic acids is 1. The lowest BCUT2D eigenvalue weighted by atomic mass is 10.1. The van der Waals surface area contributed by atoms with Crippen molar-refractivity contribution in [3.05, 3.63) is 90.0 Å². The van der Waals surface area contributed by atoms with Crippen LogP contribution in [0, 0.1) is 0 Å². The quantitative estimate of drug-likeness (QED) is 0.538. The number of piperazine rings is 1.